The normalized spacial score (nSPS) is 17.8. The van der Waals surface area contributed by atoms with Crippen LogP contribution >= 0.6 is 0 Å². The predicted molar refractivity (Wildman–Crippen MR) is 112 cm³/mol. The van der Waals surface area contributed by atoms with Crippen LogP contribution in [0.4, 0.5) is 29.3 Å². The zero-order valence-electron chi connectivity index (χ0n) is 17.5. The SMILES string of the molecule is COc1ccc(N2CC3(CCCC3)N(CC(=O)Nc3cccc(C(F)(F)F)c3)C2=O)cn1. The van der Waals surface area contributed by atoms with Crippen LogP contribution in [0.3, 0.4) is 0 Å². The third-order valence-corrected chi connectivity index (χ3v) is 6.04. The summed E-state index contributed by atoms with van der Waals surface area (Å²) in [6.07, 6.45) is 0.435. The second kappa shape index (κ2) is 8.33. The van der Waals surface area contributed by atoms with Gasteiger partial charge in [0.1, 0.15) is 6.54 Å². The summed E-state index contributed by atoms with van der Waals surface area (Å²) in [7, 11) is 1.50. The van der Waals surface area contributed by atoms with Gasteiger partial charge in [0.2, 0.25) is 11.8 Å². The summed E-state index contributed by atoms with van der Waals surface area (Å²) >= 11 is 0. The molecule has 170 valence electrons. The molecule has 1 saturated heterocycles. The molecular formula is C22H23F3N4O3. The number of alkyl halides is 3. The molecule has 7 nitrogen and oxygen atoms in total. The maximum atomic E-state index is 13.3. The van der Waals surface area contributed by atoms with E-state index in [1.165, 1.54) is 19.2 Å². The lowest BCUT2D eigenvalue weighted by molar-refractivity contribution is -0.137. The van der Waals surface area contributed by atoms with Gasteiger partial charge < -0.3 is 15.0 Å². The average molecular weight is 448 g/mol. The number of aromatic nitrogens is 1. The van der Waals surface area contributed by atoms with Gasteiger partial charge in [0.15, 0.2) is 0 Å². The molecule has 2 aromatic rings. The van der Waals surface area contributed by atoms with Gasteiger partial charge in [-0.05, 0) is 37.1 Å². The first-order chi connectivity index (χ1) is 15.2. The third-order valence-electron chi connectivity index (χ3n) is 6.04. The average Bonchev–Trinajstić information content (AvgIpc) is 3.34. The summed E-state index contributed by atoms with van der Waals surface area (Å²) in [6.45, 7) is 0.186. The summed E-state index contributed by atoms with van der Waals surface area (Å²) < 4.78 is 43.9. The van der Waals surface area contributed by atoms with Gasteiger partial charge in [-0.1, -0.05) is 18.9 Å². The van der Waals surface area contributed by atoms with E-state index in [4.69, 9.17) is 4.74 Å². The van der Waals surface area contributed by atoms with E-state index in [0.29, 0.717) is 18.1 Å². The molecule has 3 amide bonds. The first-order valence-corrected chi connectivity index (χ1v) is 10.3. The van der Waals surface area contributed by atoms with E-state index in [1.807, 2.05) is 0 Å². The van der Waals surface area contributed by atoms with Gasteiger partial charge in [0, 0.05) is 11.8 Å². The van der Waals surface area contributed by atoms with Crippen molar-refractivity contribution in [3.8, 4) is 5.88 Å². The van der Waals surface area contributed by atoms with Crippen LogP contribution in [0, 0.1) is 0 Å². The fourth-order valence-corrected chi connectivity index (χ4v) is 4.46. The van der Waals surface area contributed by atoms with Crippen LogP contribution < -0.4 is 15.0 Å². The molecule has 1 saturated carbocycles. The van der Waals surface area contributed by atoms with Crippen molar-refractivity contribution >= 4 is 23.3 Å². The summed E-state index contributed by atoms with van der Waals surface area (Å²) in [5.41, 5.74) is -0.698. The molecule has 1 aliphatic heterocycles. The van der Waals surface area contributed by atoms with Crippen molar-refractivity contribution in [1.29, 1.82) is 0 Å². The number of nitrogens with one attached hydrogen (secondary N) is 1. The molecule has 10 heteroatoms. The summed E-state index contributed by atoms with van der Waals surface area (Å²) in [5.74, 6) is -0.119. The number of hydrogen-bond acceptors (Lipinski definition) is 4. The summed E-state index contributed by atoms with van der Waals surface area (Å²) in [6, 6.07) is 7.51. The highest BCUT2D eigenvalue weighted by molar-refractivity contribution is 6.00. The number of amides is 3. The minimum Gasteiger partial charge on any atom is -0.481 e. The van der Waals surface area contributed by atoms with E-state index in [0.717, 1.165) is 37.8 Å². The van der Waals surface area contributed by atoms with Crippen LogP contribution in [0.2, 0.25) is 0 Å². The Morgan fingerprint density at radius 1 is 1.22 bits per heavy atom. The Labute approximate surface area is 183 Å². The number of hydrogen-bond donors (Lipinski definition) is 1. The minimum atomic E-state index is -4.51. The summed E-state index contributed by atoms with van der Waals surface area (Å²) in [4.78, 5) is 33.3. The number of ether oxygens (including phenoxy) is 1. The fourth-order valence-electron chi connectivity index (χ4n) is 4.46. The fraction of sp³-hybridized carbons (Fsp3) is 0.409. The predicted octanol–water partition coefficient (Wildman–Crippen LogP) is 4.30. The van der Waals surface area contributed by atoms with Crippen molar-refractivity contribution in [2.75, 3.05) is 30.4 Å². The number of carbonyl (C=O) groups excluding carboxylic acids is 2. The second-order valence-electron chi connectivity index (χ2n) is 8.07. The van der Waals surface area contributed by atoms with Crippen molar-refractivity contribution < 1.29 is 27.5 Å². The Balaban J connectivity index is 1.52. The number of rotatable bonds is 5. The highest BCUT2D eigenvalue weighted by atomic mass is 19.4. The van der Waals surface area contributed by atoms with Gasteiger partial charge >= 0.3 is 12.2 Å². The zero-order chi connectivity index (χ0) is 22.9. The standard InChI is InChI=1S/C22H23F3N4O3/c1-32-19-8-7-17(12-26-19)28-14-21(9-2-3-10-21)29(20(28)31)13-18(30)27-16-6-4-5-15(11-16)22(23,24)25/h4-8,11-12H,2-3,9-10,13-14H2,1H3,(H,27,30). The number of nitrogens with zero attached hydrogens (tertiary/aromatic N) is 3. The zero-order valence-corrected chi connectivity index (χ0v) is 17.5. The maximum Gasteiger partial charge on any atom is 0.416 e. The number of carbonyl (C=O) groups is 2. The Morgan fingerprint density at radius 3 is 2.59 bits per heavy atom. The van der Waals surface area contributed by atoms with Crippen molar-refractivity contribution in [3.63, 3.8) is 0 Å². The van der Waals surface area contributed by atoms with Gasteiger partial charge in [0.05, 0.1) is 36.6 Å². The number of halogens is 3. The van der Waals surface area contributed by atoms with E-state index < -0.39 is 23.2 Å². The van der Waals surface area contributed by atoms with Crippen LogP contribution in [0.25, 0.3) is 0 Å². The van der Waals surface area contributed by atoms with Crippen LogP contribution in [-0.2, 0) is 11.0 Å². The van der Waals surface area contributed by atoms with Crippen molar-refractivity contribution in [1.82, 2.24) is 9.88 Å². The Morgan fingerprint density at radius 2 is 1.97 bits per heavy atom. The molecule has 0 atom stereocenters. The van der Waals surface area contributed by atoms with Crippen molar-refractivity contribution in [2.45, 2.75) is 37.4 Å². The molecule has 0 unspecified atom stereocenters. The Bertz CT molecular complexity index is 1000. The molecule has 2 aliphatic rings. The third kappa shape index (κ3) is 4.21. The molecular weight excluding hydrogens is 425 g/mol. The molecule has 1 aliphatic carbocycles. The molecule has 2 fully saturated rings. The molecule has 2 heterocycles. The quantitative estimate of drug-likeness (QED) is 0.740. The topological polar surface area (TPSA) is 74.8 Å². The number of methoxy groups -OCH3 is 1. The van der Waals surface area contributed by atoms with E-state index >= 15 is 0 Å². The van der Waals surface area contributed by atoms with Gasteiger partial charge in [-0.25, -0.2) is 9.78 Å². The van der Waals surface area contributed by atoms with Crippen LogP contribution in [0.15, 0.2) is 42.6 Å². The minimum absolute atomic E-state index is 0.0353. The highest BCUT2D eigenvalue weighted by Crippen LogP contribution is 2.42. The smallest absolute Gasteiger partial charge is 0.416 e. The van der Waals surface area contributed by atoms with Crippen molar-refractivity contribution in [3.05, 3.63) is 48.2 Å². The maximum absolute atomic E-state index is 13.3. The lowest BCUT2D eigenvalue weighted by atomic mass is 9.96. The van der Waals surface area contributed by atoms with E-state index in [2.05, 4.69) is 10.3 Å². The van der Waals surface area contributed by atoms with E-state index in [1.54, 1.807) is 28.1 Å². The van der Waals surface area contributed by atoms with Gasteiger partial charge in [-0.2, -0.15) is 13.2 Å². The lowest BCUT2D eigenvalue weighted by Crippen LogP contribution is -2.48. The second-order valence-corrected chi connectivity index (χ2v) is 8.07. The van der Waals surface area contributed by atoms with Crippen LogP contribution in [0.5, 0.6) is 5.88 Å². The molecule has 4 rings (SSSR count). The monoisotopic (exact) mass is 448 g/mol. The Hall–Kier alpha value is -3.30. The molecule has 1 spiro atoms. The molecule has 0 bridgehead atoms. The van der Waals surface area contributed by atoms with Crippen molar-refractivity contribution in [2.24, 2.45) is 0 Å². The number of benzene rings is 1. The van der Waals surface area contributed by atoms with Gasteiger partial charge in [-0.15, -0.1) is 0 Å². The number of pyridine rings is 1. The molecule has 0 radical (unpaired) electrons. The van der Waals surface area contributed by atoms with Crippen LogP contribution in [0.1, 0.15) is 31.2 Å². The molecule has 1 N–H and O–H groups in total. The summed E-state index contributed by atoms with van der Waals surface area (Å²) in [5, 5.41) is 2.50. The Kier molecular flexibility index (Phi) is 5.70. The lowest BCUT2D eigenvalue weighted by Gasteiger charge is -2.32. The largest absolute Gasteiger partial charge is 0.481 e. The molecule has 32 heavy (non-hydrogen) atoms. The van der Waals surface area contributed by atoms with E-state index in [-0.39, 0.29) is 18.3 Å². The number of anilines is 2. The number of urea groups is 1. The molecule has 1 aromatic heterocycles. The molecule has 1 aromatic carbocycles. The van der Waals surface area contributed by atoms with Crippen LogP contribution in [-0.4, -0.2) is 47.6 Å². The highest BCUT2D eigenvalue weighted by Gasteiger charge is 2.51. The van der Waals surface area contributed by atoms with Gasteiger partial charge in [-0.3, -0.25) is 9.69 Å². The first-order valence-electron chi connectivity index (χ1n) is 10.3. The first kappa shape index (κ1) is 21.9. The van der Waals surface area contributed by atoms with E-state index in [9.17, 15) is 22.8 Å². The van der Waals surface area contributed by atoms with Gasteiger partial charge in [0.25, 0.3) is 0 Å².